The molecule has 0 fully saturated rings. The van der Waals surface area contributed by atoms with E-state index in [9.17, 15) is 38.2 Å². The number of sulfone groups is 1. The highest BCUT2D eigenvalue weighted by Crippen LogP contribution is 2.35. The Morgan fingerprint density at radius 1 is 0.754 bits per heavy atom. The van der Waals surface area contributed by atoms with Crippen molar-refractivity contribution in [2.75, 3.05) is 86.6 Å². The number of halogens is 3. The van der Waals surface area contributed by atoms with Crippen LogP contribution in [0.25, 0.3) is 0 Å². The first-order valence-corrected chi connectivity index (χ1v) is 22.1. The number of carbonyl (C=O) groups excluding carboxylic acids is 2. The fourth-order valence-corrected chi connectivity index (χ4v) is 5.84. The van der Waals surface area contributed by atoms with Crippen molar-refractivity contribution >= 4 is 62.6 Å². The van der Waals surface area contributed by atoms with Gasteiger partial charge in [0.2, 0.25) is 39.1 Å². The monoisotopic (exact) mass is 1010 g/mol. The number of aliphatic hydroxyl groups excluding tert-OH is 2. The summed E-state index contributed by atoms with van der Waals surface area (Å²) in [5, 5.41) is 42.4. The highest BCUT2D eigenvalue weighted by molar-refractivity contribution is 7.90. The number of aliphatic hydroxyl groups is 2. The van der Waals surface area contributed by atoms with Crippen LogP contribution in [0.1, 0.15) is 50.7 Å². The third-order valence-corrected chi connectivity index (χ3v) is 9.22. The number of hydrogen-bond donors (Lipinski definition) is 6. The van der Waals surface area contributed by atoms with Gasteiger partial charge in [0.25, 0.3) is 5.16 Å². The first-order valence-electron chi connectivity index (χ1n) is 20.2. The number of methoxy groups -OCH3 is 2. The van der Waals surface area contributed by atoms with Crippen LogP contribution in [0.15, 0.2) is 53.7 Å². The standard InChI is InChI=1S/C19H26N6O6.C16H19N5O7S.C4H11NO.F2.FH/c1-3-31-19(27)24(12-13-7-6-8-14(11-13)30-2)17-15(25(28)29)16(20)22-18(23-17)21-9-4-5-10-26;1-4-28-16(22)20(9-10-6-5-7-11(8-10)27-2)14-12(21(23)24)13(17)18-15(19-14)29(3,25)26;5-3-1-2-4-6;1-2;/h6-8,11,26H,3-5,9-10,12H2,1-2H3,(H3,20,21,22,23);5-8H,4,9H2,1-3H3,(H2,17,18,19);6H,1-5H2;;1H. The lowest BCUT2D eigenvalue weighted by Crippen LogP contribution is -2.33. The summed E-state index contributed by atoms with van der Waals surface area (Å²) < 4.78 is 60.1. The van der Waals surface area contributed by atoms with E-state index in [2.05, 4.69) is 25.3 Å². The number of hydrogen-bond acceptors (Lipinski definition) is 22. The van der Waals surface area contributed by atoms with E-state index in [0.717, 1.165) is 28.9 Å². The number of aromatic nitrogens is 4. The first-order chi connectivity index (χ1) is 32.4. The molecule has 384 valence electrons. The largest absolute Gasteiger partial charge is 0.497 e. The van der Waals surface area contributed by atoms with Crippen molar-refractivity contribution in [2.24, 2.45) is 5.73 Å². The molecule has 0 spiro atoms. The van der Waals surface area contributed by atoms with Crippen molar-refractivity contribution in [2.45, 2.75) is 57.8 Å². The van der Waals surface area contributed by atoms with Gasteiger partial charge < -0.3 is 51.7 Å². The molecule has 0 saturated heterocycles. The highest BCUT2D eigenvalue weighted by atomic mass is 32.2. The molecule has 4 rings (SSSR count). The lowest BCUT2D eigenvalue weighted by Gasteiger charge is -2.22. The van der Waals surface area contributed by atoms with Crippen LogP contribution in [0.5, 0.6) is 11.5 Å². The topological polar surface area (TPSA) is 380 Å². The van der Waals surface area contributed by atoms with E-state index in [1.54, 1.807) is 62.4 Å². The number of unbranched alkanes of at least 4 members (excludes halogenated alkanes) is 2. The fourth-order valence-electron chi connectivity index (χ4n) is 5.33. The molecule has 0 aliphatic heterocycles. The lowest BCUT2D eigenvalue weighted by molar-refractivity contribution is -0.383. The van der Waals surface area contributed by atoms with Crippen molar-refractivity contribution in [3.63, 3.8) is 0 Å². The number of benzene rings is 2. The number of nitrogen functional groups attached to an aromatic ring is 2. The van der Waals surface area contributed by atoms with E-state index in [1.165, 1.54) is 14.2 Å². The van der Waals surface area contributed by atoms with Gasteiger partial charge in [0.1, 0.15) is 11.5 Å². The van der Waals surface area contributed by atoms with Gasteiger partial charge in [-0.1, -0.05) is 24.3 Å². The van der Waals surface area contributed by atoms with Gasteiger partial charge in [-0.3, -0.25) is 34.7 Å². The lowest BCUT2D eigenvalue weighted by atomic mass is 10.2. The predicted octanol–water partition coefficient (Wildman–Crippen LogP) is 4.58. The molecule has 69 heavy (non-hydrogen) atoms. The van der Waals surface area contributed by atoms with Crippen molar-refractivity contribution < 1.29 is 70.9 Å². The SMILES string of the molecule is CCOC(=O)N(Cc1cccc(OC)c1)c1nc(NCCCCO)nc(N)c1[N+](=O)[O-].CCOC(=O)N(Cc1cccc(OC)c1)c1nc(S(C)(=O)=O)nc(N)c1[N+](=O)[O-].F.FF.NCCCCO. The highest BCUT2D eigenvalue weighted by Gasteiger charge is 2.34. The number of nitrogens with two attached hydrogens (primary N) is 3. The van der Waals surface area contributed by atoms with Crippen molar-refractivity contribution in [3.8, 4) is 11.5 Å². The maximum atomic E-state index is 12.7. The third-order valence-electron chi connectivity index (χ3n) is 8.38. The van der Waals surface area contributed by atoms with Gasteiger partial charge in [-0.05, 0) is 81.5 Å². The Kier molecular flexibility index (Phi) is 28.8. The molecule has 4 aromatic rings. The molecule has 0 saturated carbocycles. The molecule has 0 atom stereocenters. The molecule has 2 aromatic heterocycles. The molecule has 0 unspecified atom stereocenters. The molecular weight excluding hydrogens is 950 g/mol. The minimum Gasteiger partial charge on any atom is -0.497 e. The summed E-state index contributed by atoms with van der Waals surface area (Å²) in [4.78, 5) is 64.0. The van der Waals surface area contributed by atoms with Gasteiger partial charge in [0.15, 0.2) is 0 Å². The quantitative estimate of drug-likeness (QED) is 0.0288. The Morgan fingerprint density at radius 2 is 1.19 bits per heavy atom. The Balaban J connectivity index is 0.00000115. The fraction of sp³-hybridized carbons (Fsp3) is 0.436. The second kappa shape index (κ2) is 32.3. The van der Waals surface area contributed by atoms with Crippen LogP contribution in [0.3, 0.4) is 0 Å². The van der Waals surface area contributed by atoms with Gasteiger partial charge in [-0.15, -0.1) is 0 Å². The van der Waals surface area contributed by atoms with E-state index in [1.807, 2.05) is 0 Å². The maximum absolute atomic E-state index is 12.7. The molecule has 30 heteroatoms. The summed E-state index contributed by atoms with van der Waals surface area (Å²) in [6, 6.07) is 13.5. The number of ether oxygens (including phenoxy) is 4. The zero-order valence-corrected chi connectivity index (χ0v) is 39.1. The van der Waals surface area contributed by atoms with Gasteiger partial charge in [-0.2, -0.15) is 19.9 Å². The first kappa shape index (κ1) is 61.6. The van der Waals surface area contributed by atoms with Crippen molar-refractivity contribution in [1.82, 2.24) is 19.9 Å². The Morgan fingerprint density at radius 3 is 1.57 bits per heavy atom. The summed E-state index contributed by atoms with van der Waals surface area (Å²) in [5.41, 5.74) is 16.3. The summed E-state index contributed by atoms with van der Waals surface area (Å²) >= 11 is 0. The number of nitrogens with one attached hydrogen (secondary N) is 1. The predicted molar refractivity (Wildman–Crippen MR) is 247 cm³/mol. The van der Waals surface area contributed by atoms with Gasteiger partial charge in [0.05, 0.1) is 50.4 Å². The van der Waals surface area contributed by atoms with E-state index >= 15 is 0 Å². The smallest absolute Gasteiger partial charge is 0.415 e. The van der Waals surface area contributed by atoms with Gasteiger partial charge in [-0.25, -0.2) is 18.0 Å². The number of nitrogens with zero attached hydrogens (tertiary/aromatic N) is 8. The van der Waals surface area contributed by atoms with Crippen LogP contribution in [0.4, 0.5) is 64.0 Å². The number of amides is 2. The number of rotatable bonds is 21. The van der Waals surface area contributed by atoms with Crippen molar-refractivity contribution in [3.05, 3.63) is 79.9 Å². The molecule has 2 amide bonds. The Labute approximate surface area is 394 Å². The summed E-state index contributed by atoms with van der Waals surface area (Å²) in [6.45, 7) is 4.32. The Bertz CT molecular complexity index is 2360. The minimum atomic E-state index is -3.97. The van der Waals surface area contributed by atoms with Gasteiger partial charge >= 0.3 is 23.6 Å². The molecule has 26 nitrogen and oxygen atoms in total. The average Bonchev–Trinajstić information content (AvgIpc) is 3.31. The zero-order valence-electron chi connectivity index (χ0n) is 38.3. The van der Waals surface area contributed by atoms with Crippen LogP contribution in [-0.4, -0.2) is 121 Å². The second-order valence-corrected chi connectivity index (χ2v) is 15.2. The summed E-state index contributed by atoms with van der Waals surface area (Å²) in [5.74, 6) is -0.896. The normalized spacial score (nSPS) is 10.2. The third kappa shape index (κ3) is 20.1. The van der Waals surface area contributed by atoms with Gasteiger partial charge in [0, 0.05) is 35.2 Å². The molecule has 2 heterocycles. The second-order valence-electron chi connectivity index (χ2n) is 13.3. The minimum absolute atomic E-state index is 0. The molecule has 0 aliphatic carbocycles. The van der Waals surface area contributed by atoms with E-state index < -0.39 is 60.0 Å². The molecule has 0 aliphatic rings. The average molecular weight is 1010 g/mol. The van der Waals surface area contributed by atoms with Crippen LogP contribution < -0.4 is 41.8 Å². The Hall–Kier alpha value is -7.44. The summed E-state index contributed by atoms with van der Waals surface area (Å²) in [7, 11) is -1.01. The molecular formula is C39H57F3N12O14S. The van der Waals surface area contributed by atoms with Crippen LogP contribution in [0, 0.1) is 20.2 Å². The van der Waals surface area contributed by atoms with Crippen LogP contribution >= 0.6 is 0 Å². The van der Waals surface area contributed by atoms with E-state index in [0.29, 0.717) is 48.6 Å². The van der Waals surface area contributed by atoms with Crippen LogP contribution in [-0.2, 0) is 32.4 Å². The molecule has 0 radical (unpaired) electrons. The number of nitro groups is 2. The zero-order chi connectivity index (χ0) is 51.4. The maximum Gasteiger partial charge on any atom is 0.415 e. The molecule has 9 N–H and O–H groups in total. The van der Waals surface area contributed by atoms with E-state index in [4.69, 9.17) is 55.5 Å². The summed E-state index contributed by atoms with van der Waals surface area (Å²) in [6.07, 6.45) is 1.99. The van der Waals surface area contributed by atoms with Crippen LogP contribution in [0.2, 0.25) is 0 Å². The number of carbonyl (C=O) groups is 2. The van der Waals surface area contributed by atoms with E-state index in [-0.39, 0.29) is 61.8 Å². The molecule has 2 aromatic carbocycles. The molecule has 0 bridgehead atoms. The number of anilines is 5. The van der Waals surface area contributed by atoms with Crippen molar-refractivity contribution in [1.29, 1.82) is 0 Å².